The molecule has 76 valence electrons. The first-order valence-corrected chi connectivity index (χ1v) is 4.18. The highest BCUT2D eigenvalue weighted by atomic mass is 19.1. The number of aromatic carboxylic acids is 1. The molecule has 0 fully saturated rings. The van der Waals surface area contributed by atoms with Crippen LogP contribution < -0.4 is 4.74 Å². The topological polar surface area (TPSA) is 46.5 Å². The van der Waals surface area contributed by atoms with Gasteiger partial charge in [0.25, 0.3) is 0 Å². The van der Waals surface area contributed by atoms with Gasteiger partial charge >= 0.3 is 5.97 Å². The van der Waals surface area contributed by atoms with Gasteiger partial charge in [-0.05, 0) is 30.7 Å². The zero-order valence-corrected chi connectivity index (χ0v) is 7.79. The maximum atomic E-state index is 11.8. The van der Waals surface area contributed by atoms with Gasteiger partial charge in [0, 0.05) is 0 Å². The average Bonchev–Trinajstić information content (AvgIpc) is 2.15. The van der Waals surface area contributed by atoms with Crippen molar-refractivity contribution in [2.75, 3.05) is 13.3 Å². The first kappa shape index (κ1) is 10.5. The van der Waals surface area contributed by atoms with Crippen LogP contribution in [0.4, 0.5) is 4.39 Å². The third-order valence-corrected chi connectivity index (χ3v) is 1.76. The quantitative estimate of drug-likeness (QED) is 0.805. The maximum absolute atomic E-state index is 11.8. The molecule has 0 radical (unpaired) electrons. The van der Waals surface area contributed by atoms with E-state index in [2.05, 4.69) is 0 Å². The van der Waals surface area contributed by atoms with Gasteiger partial charge in [-0.2, -0.15) is 0 Å². The van der Waals surface area contributed by atoms with Crippen molar-refractivity contribution in [1.29, 1.82) is 0 Å². The molecule has 14 heavy (non-hydrogen) atoms. The van der Waals surface area contributed by atoms with Gasteiger partial charge in [0.05, 0.1) is 5.56 Å². The van der Waals surface area contributed by atoms with E-state index in [9.17, 15) is 9.18 Å². The number of ether oxygens (including phenoxy) is 1. The molecule has 0 unspecified atom stereocenters. The van der Waals surface area contributed by atoms with Gasteiger partial charge in [-0.15, -0.1) is 0 Å². The van der Waals surface area contributed by atoms with E-state index < -0.39 is 12.6 Å². The summed E-state index contributed by atoms with van der Waals surface area (Å²) in [5.41, 5.74) is 0.897. The van der Waals surface area contributed by atoms with Crippen LogP contribution in [0, 0.1) is 6.92 Å². The van der Waals surface area contributed by atoms with Crippen molar-refractivity contribution in [2.45, 2.75) is 6.92 Å². The minimum absolute atomic E-state index is 0.00669. The van der Waals surface area contributed by atoms with Gasteiger partial charge in [0.15, 0.2) is 0 Å². The molecule has 3 nitrogen and oxygen atoms in total. The summed E-state index contributed by atoms with van der Waals surface area (Å²) in [6, 6.07) is 4.47. The van der Waals surface area contributed by atoms with Gasteiger partial charge in [0.2, 0.25) is 0 Å². The SMILES string of the molecule is Cc1cc(C(=O)O)ccc1OCCF. The minimum Gasteiger partial charge on any atom is -0.491 e. The molecular formula is C10H11FO3. The maximum Gasteiger partial charge on any atom is 0.335 e. The van der Waals surface area contributed by atoms with Crippen LogP contribution in [0.25, 0.3) is 0 Å². The lowest BCUT2D eigenvalue weighted by Crippen LogP contribution is -2.02. The summed E-state index contributed by atoms with van der Waals surface area (Å²) >= 11 is 0. The predicted molar refractivity (Wildman–Crippen MR) is 49.6 cm³/mol. The number of halogens is 1. The van der Waals surface area contributed by atoms with Gasteiger partial charge < -0.3 is 9.84 Å². The lowest BCUT2D eigenvalue weighted by molar-refractivity contribution is 0.0696. The van der Waals surface area contributed by atoms with Crippen LogP contribution >= 0.6 is 0 Å². The van der Waals surface area contributed by atoms with Crippen LogP contribution in [-0.4, -0.2) is 24.4 Å². The first-order valence-electron chi connectivity index (χ1n) is 4.18. The summed E-state index contributed by atoms with van der Waals surface area (Å²) in [6.45, 7) is 1.16. The van der Waals surface area contributed by atoms with E-state index in [1.807, 2.05) is 0 Å². The second kappa shape index (κ2) is 4.60. The second-order valence-electron chi connectivity index (χ2n) is 2.82. The monoisotopic (exact) mass is 198 g/mol. The molecule has 1 N–H and O–H groups in total. The number of benzene rings is 1. The summed E-state index contributed by atoms with van der Waals surface area (Å²) in [6.07, 6.45) is 0. The highest BCUT2D eigenvalue weighted by Crippen LogP contribution is 2.18. The fraction of sp³-hybridized carbons (Fsp3) is 0.300. The van der Waals surface area contributed by atoms with Crippen LogP contribution in [0.2, 0.25) is 0 Å². The number of carboxylic acid groups (broad SMARTS) is 1. The molecule has 1 rings (SSSR count). The van der Waals surface area contributed by atoms with E-state index in [1.54, 1.807) is 6.92 Å². The largest absolute Gasteiger partial charge is 0.491 e. The average molecular weight is 198 g/mol. The highest BCUT2D eigenvalue weighted by Gasteiger charge is 2.05. The fourth-order valence-corrected chi connectivity index (χ4v) is 1.09. The van der Waals surface area contributed by atoms with E-state index in [0.29, 0.717) is 11.3 Å². The number of hydrogen-bond acceptors (Lipinski definition) is 2. The van der Waals surface area contributed by atoms with Crippen LogP contribution in [0.3, 0.4) is 0 Å². The Labute approximate surface area is 81.1 Å². The molecule has 0 spiro atoms. The Kier molecular flexibility index (Phi) is 3.45. The molecule has 0 aliphatic rings. The molecule has 4 heteroatoms. The molecule has 0 heterocycles. The summed E-state index contributed by atoms with van der Waals surface area (Å²) in [7, 11) is 0. The molecule has 1 aromatic carbocycles. The molecular weight excluding hydrogens is 187 g/mol. The summed E-state index contributed by atoms with van der Waals surface area (Å²) in [5, 5.41) is 8.68. The Bertz CT molecular complexity index is 336. The zero-order valence-electron chi connectivity index (χ0n) is 7.79. The molecule has 1 aromatic rings. The van der Waals surface area contributed by atoms with Crippen molar-refractivity contribution in [3.05, 3.63) is 29.3 Å². The van der Waals surface area contributed by atoms with Gasteiger partial charge in [0.1, 0.15) is 19.0 Å². The van der Waals surface area contributed by atoms with Gasteiger partial charge in [-0.1, -0.05) is 0 Å². The predicted octanol–water partition coefficient (Wildman–Crippen LogP) is 2.04. The lowest BCUT2D eigenvalue weighted by atomic mass is 10.1. The van der Waals surface area contributed by atoms with Crippen molar-refractivity contribution in [3.63, 3.8) is 0 Å². The highest BCUT2D eigenvalue weighted by molar-refractivity contribution is 5.88. The summed E-state index contributed by atoms with van der Waals surface area (Å²) in [5.74, 6) is -0.460. The second-order valence-corrected chi connectivity index (χ2v) is 2.82. The Morgan fingerprint density at radius 2 is 2.29 bits per heavy atom. The Morgan fingerprint density at radius 3 is 2.79 bits per heavy atom. The van der Waals surface area contributed by atoms with E-state index in [0.717, 1.165) is 0 Å². The third-order valence-electron chi connectivity index (χ3n) is 1.76. The smallest absolute Gasteiger partial charge is 0.335 e. The van der Waals surface area contributed by atoms with Crippen molar-refractivity contribution in [2.24, 2.45) is 0 Å². The normalized spacial score (nSPS) is 9.86. The minimum atomic E-state index is -0.981. The molecule has 0 aromatic heterocycles. The standard InChI is InChI=1S/C10H11FO3/c1-7-6-8(10(12)13)2-3-9(7)14-5-4-11/h2-3,6H,4-5H2,1H3,(H,12,13). The molecule has 0 saturated heterocycles. The lowest BCUT2D eigenvalue weighted by Gasteiger charge is -2.07. The van der Waals surface area contributed by atoms with Crippen molar-refractivity contribution in [1.82, 2.24) is 0 Å². The number of alkyl halides is 1. The van der Waals surface area contributed by atoms with Crippen LogP contribution in [0.1, 0.15) is 15.9 Å². The summed E-state index contributed by atoms with van der Waals surface area (Å²) in [4.78, 5) is 10.6. The summed E-state index contributed by atoms with van der Waals surface area (Å²) < 4.78 is 16.9. The van der Waals surface area contributed by atoms with E-state index in [4.69, 9.17) is 9.84 Å². The van der Waals surface area contributed by atoms with Gasteiger partial charge in [-0.3, -0.25) is 0 Å². The van der Waals surface area contributed by atoms with E-state index in [1.165, 1.54) is 18.2 Å². The zero-order chi connectivity index (χ0) is 10.6. The number of rotatable bonds is 4. The number of carboxylic acids is 1. The first-order chi connectivity index (χ1) is 6.65. The molecule has 0 aliphatic heterocycles. The van der Waals surface area contributed by atoms with E-state index >= 15 is 0 Å². The fourth-order valence-electron chi connectivity index (χ4n) is 1.09. The van der Waals surface area contributed by atoms with Crippen molar-refractivity contribution >= 4 is 5.97 Å². The third kappa shape index (κ3) is 2.45. The van der Waals surface area contributed by atoms with E-state index in [-0.39, 0.29) is 12.2 Å². The van der Waals surface area contributed by atoms with Crippen LogP contribution in [-0.2, 0) is 0 Å². The number of carbonyl (C=O) groups is 1. The number of hydrogen-bond donors (Lipinski definition) is 1. The van der Waals surface area contributed by atoms with Gasteiger partial charge in [-0.25, -0.2) is 9.18 Å². The van der Waals surface area contributed by atoms with Crippen molar-refractivity contribution < 1.29 is 19.0 Å². The van der Waals surface area contributed by atoms with Crippen LogP contribution in [0.5, 0.6) is 5.75 Å². The Morgan fingerprint density at radius 1 is 1.57 bits per heavy atom. The van der Waals surface area contributed by atoms with Crippen LogP contribution in [0.15, 0.2) is 18.2 Å². The Hall–Kier alpha value is -1.58. The Balaban J connectivity index is 2.84. The van der Waals surface area contributed by atoms with Crippen molar-refractivity contribution in [3.8, 4) is 5.75 Å². The molecule has 0 bridgehead atoms. The molecule has 0 saturated carbocycles. The molecule has 0 amide bonds. The molecule has 0 aliphatic carbocycles. The molecule has 0 atom stereocenters. The number of aryl methyl sites for hydroxylation is 1.